The lowest BCUT2D eigenvalue weighted by atomic mass is 10.7. The molecule has 8 heteroatoms. The van der Waals surface area contributed by atoms with Crippen LogP contribution in [0.25, 0.3) is 0 Å². The summed E-state index contributed by atoms with van der Waals surface area (Å²) in [6, 6.07) is 0. The highest BCUT2D eigenvalue weighted by molar-refractivity contribution is 7.83. The van der Waals surface area contributed by atoms with Crippen LogP contribution in [-0.4, -0.2) is 30.4 Å². The van der Waals surface area contributed by atoms with Crippen molar-refractivity contribution in [1.29, 1.82) is 0 Å². The minimum atomic E-state index is -3.93. The SMILES string of the molecule is CCN(CC)S(=O)(=O)O.F.F.F. The van der Waals surface area contributed by atoms with Crippen molar-refractivity contribution in [2.45, 2.75) is 13.8 Å². The Morgan fingerprint density at radius 2 is 1.33 bits per heavy atom. The summed E-state index contributed by atoms with van der Waals surface area (Å²) in [6.45, 7) is 3.96. The number of rotatable bonds is 3. The lowest BCUT2D eigenvalue weighted by Gasteiger charge is -2.11. The van der Waals surface area contributed by atoms with E-state index in [9.17, 15) is 8.42 Å². The van der Waals surface area contributed by atoms with Crippen molar-refractivity contribution in [3.8, 4) is 0 Å². The van der Waals surface area contributed by atoms with E-state index in [1.807, 2.05) is 0 Å². The summed E-state index contributed by atoms with van der Waals surface area (Å²) in [5.41, 5.74) is 0. The highest BCUT2D eigenvalue weighted by Gasteiger charge is 2.12. The van der Waals surface area contributed by atoms with Crippen LogP contribution in [0, 0.1) is 0 Å². The van der Waals surface area contributed by atoms with Gasteiger partial charge in [-0.05, 0) is 0 Å². The van der Waals surface area contributed by atoms with Crippen LogP contribution in [0.4, 0.5) is 14.1 Å². The highest BCUT2D eigenvalue weighted by Crippen LogP contribution is 1.93. The molecule has 0 heterocycles. The van der Waals surface area contributed by atoms with Crippen molar-refractivity contribution in [2.75, 3.05) is 13.1 Å². The molecule has 0 spiro atoms. The van der Waals surface area contributed by atoms with Gasteiger partial charge in [-0.15, -0.1) is 0 Å². The molecule has 0 aliphatic heterocycles. The van der Waals surface area contributed by atoms with Gasteiger partial charge in [-0.1, -0.05) is 13.8 Å². The molecule has 12 heavy (non-hydrogen) atoms. The zero-order valence-electron chi connectivity index (χ0n) is 6.76. The second kappa shape index (κ2) is 8.75. The smallest absolute Gasteiger partial charge is 0.273 e. The molecule has 0 rings (SSSR count). The van der Waals surface area contributed by atoms with E-state index < -0.39 is 10.3 Å². The second-order valence-electron chi connectivity index (χ2n) is 1.56. The van der Waals surface area contributed by atoms with Gasteiger partial charge in [-0.2, -0.15) is 12.7 Å². The van der Waals surface area contributed by atoms with Crippen molar-refractivity contribution >= 4 is 10.3 Å². The third kappa shape index (κ3) is 7.76. The van der Waals surface area contributed by atoms with E-state index in [4.69, 9.17) is 4.55 Å². The van der Waals surface area contributed by atoms with Crippen LogP contribution < -0.4 is 0 Å². The van der Waals surface area contributed by atoms with Gasteiger partial charge in [0.05, 0.1) is 0 Å². The van der Waals surface area contributed by atoms with Crippen LogP contribution in [0.3, 0.4) is 0 Å². The molecule has 0 saturated heterocycles. The van der Waals surface area contributed by atoms with Gasteiger partial charge in [0.15, 0.2) is 0 Å². The average Bonchev–Trinajstić information content (AvgIpc) is 1.65. The standard InChI is InChI=1S/C4H11NO3S.3FH/c1-3-5(4-2)9(6,7)8;;;/h3-4H2,1-2H3,(H,6,7,8);3*1H. The highest BCUT2D eigenvalue weighted by atomic mass is 32.2. The fraction of sp³-hybridized carbons (Fsp3) is 1.00. The largest absolute Gasteiger partial charge is 0.335 e. The molecule has 0 aromatic carbocycles. The summed E-state index contributed by atoms with van der Waals surface area (Å²) in [6.07, 6.45) is 0. The van der Waals surface area contributed by atoms with Crippen LogP contribution >= 0.6 is 0 Å². The molecule has 0 atom stereocenters. The first-order valence-electron chi connectivity index (χ1n) is 2.75. The third-order valence-corrected chi connectivity index (χ3v) is 2.20. The quantitative estimate of drug-likeness (QED) is 0.698. The van der Waals surface area contributed by atoms with Crippen molar-refractivity contribution in [3.05, 3.63) is 0 Å². The number of halogens is 3. The van der Waals surface area contributed by atoms with E-state index in [1.54, 1.807) is 13.8 Å². The molecular weight excluding hydrogens is 199 g/mol. The maximum atomic E-state index is 10.3. The first kappa shape index (κ1) is 22.6. The lowest BCUT2D eigenvalue weighted by Crippen LogP contribution is -2.29. The van der Waals surface area contributed by atoms with Gasteiger partial charge >= 0.3 is 10.3 Å². The second-order valence-corrected chi connectivity index (χ2v) is 2.97. The van der Waals surface area contributed by atoms with Crippen molar-refractivity contribution in [2.24, 2.45) is 0 Å². The summed E-state index contributed by atoms with van der Waals surface area (Å²) in [5.74, 6) is 0. The van der Waals surface area contributed by atoms with Gasteiger partial charge in [0.25, 0.3) is 0 Å². The van der Waals surface area contributed by atoms with E-state index in [0.29, 0.717) is 13.1 Å². The van der Waals surface area contributed by atoms with Gasteiger partial charge in [0.2, 0.25) is 0 Å². The average molecular weight is 213 g/mol. The predicted molar refractivity (Wildman–Crippen MR) is 42.0 cm³/mol. The Morgan fingerprint density at radius 3 is 1.33 bits per heavy atom. The summed E-state index contributed by atoms with van der Waals surface area (Å²) in [7, 11) is -3.93. The van der Waals surface area contributed by atoms with Crippen molar-refractivity contribution < 1.29 is 27.1 Å². The van der Waals surface area contributed by atoms with E-state index in [1.165, 1.54) is 0 Å². The molecule has 0 aromatic heterocycles. The van der Waals surface area contributed by atoms with Crippen LogP contribution in [0.2, 0.25) is 0 Å². The van der Waals surface area contributed by atoms with Gasteiger partial charge in [0, 0.05) is 13.1 Å². The topological polar surface area (TPSA) is 57.6 Å². The van der Waals surface area contributed by atoms with E-state index in [0.717, 1.165) is 4.31 Å². The molecule has 0 radical (unpaired) electrons. The molecule has 80 valence electrons. The van der Waals surface area contributed by atoms with Crippen molar-refractivity contribution in [3.63, 3.8) is 0 Å². The van der Waals surface area contributed by atoms with Gasteiger partial charge < -0.3 is 0 Å². The van der Waals surface area contributed by atoms with E-state index in [-0.39, 0.29) is 14.1 Å². The Bertz CT molecular complexity index is 168. The Morgan fingerprint density at radius 1 is 1.08 bits per heavy atom. The molecule has 0 amide bonds. The van der Waals surface area contributed by atoms with Crippen molar-refractivity contribution in [1.82, 2.24) is 4.31 Å². The van der Waals surface area contributed by atoms with E-state index in [2.05, 4.69) is 0 Å². The third-order valence-electron chi connectivity index (χ3n) is 1.03. The Kier molecular flexibility index (Phi) is 16.5. The molecule has 0 bridgehead atoms. The van der Waals surface area contributed by atoms with Crippen LogP contribution in [0.15, 0.2) is 0 Å². The summed E-state index contributed by atoms with van der Waals surface area (Å²) < 4.78 is 29.9. The van der Waals surface area contributed by atoms with Gasteiger partial charge in [-0.25, -0.2) is 0 Å². The maximum Gasteiger partial charge on any atom is 0.335 e. The predicted octanol–water partition coefficient (Wildman–Crippen LogP) is 0.589. The maximum absolute atomic E-state index is 10.3. The zero-order chi connectivity index (χ0) is 7.49. The fourth-order valence-electron chi connectivity index (χ4n) is 0.550. The minimum absolute atomic E-state index is 0. The Hall–Kier alpha value is -0.340. The molecule has 0 aromatic rings. The number of hydrogen-bond acceptors (Lipinski definition) is 2. The number of hydrogen-bond donors (Lipinski definition) is 1. The Balaban J connectivity index is -0.000000107. The molecule has 0 aliphatic carbocycles. The molecule has 1 N–H and O–H groups in total. The molecule has 4 nitrogen and oxygen atoms in total. The van der Waals surface area contributed by atoms with Crippen LogP contribution in [-0.2, 0) is 10.3 Å². The van der Waals surface area contributed by atoms with Gasteiger partial charge in [0.1, 0.15) is 0 Å². The van der Waals surface area contributed by atoms with Crippen LogP contribution in [0.5, 0.6) is 0 Å². The first-order valence-corrected chi connectivity index (χ1v) is 4.14. The molecule has 0 saturated carbocycles. The molecule has 0 aliphatic rings. The molecule has 0 fully saturated rings. The van der Waals surface area contributed by atoms with Gasteiger partial charge in [-0.3, -0.25) is 18.7 Å². The summed E-state index contributed by atoms with van der Waals surface area (Å²) in [5, 5.41) is 0. The monoisotopic (exact) mass is 213 g/mol. The number of nitrogens with zero attached hydrogens (tertiary/aromatic N) is 1. The lowest BCUT2D eigenvalue weighted by molar-refractivity contribution is 0.371. The minimum Gasteiger partial charge on any atom is -0.273 e. The van der Waals surface area contributed by atoms with E-state index >= 15 is 0 Å². The molecular formula is C4H14F3NO3S. The first-order chi connectivity index (χ1) is 4.02. The van der Waals surface area contributed by atoms with Crippen LogP contribution in [0.1, 0.15) is 13.8 Å². The normalized spacial score (nSPS) is 9.33. The summed E-state index contributed by atoms with van der Waals surface area (Å²) in [4.78, 5) is 0. The molecule has 0 unspecified atom stereocenters. The fourth-order valence-corrected chi connectivity index (χ4v) is 1.20. The summed E-state index contributed by atoms with van der Waals surface area (Å²) >= 11 is 0. The Labute approximate surface area is 69.5 Å². The zero-order valence-corrected chi connectivity index (χ0v) is 7.57.